The van der Waals surface area contributed by atoms with Gasteiger partial charge in [-0.1, -0.05) is 0 Å². The Morgan fingerprint density at radius 2 is 2.33 bits per heavy atom. The zero-order valence-electron chi connectivity index (χ0n) is 9.21. The zero-order chi connectivity index (χ0) is 11.5. The van der Waals surface area contributed by atoms with Gasteiger partial charge in [-0.15, -0.1) is 0 Å². The second-order valence-corrected chi connectivity index (χ2v) is 4.62. The Morgan fingerprint density at radius 1 is 1.67 bits per heavy atom. The molecule has 0 aliphatic carbocycles. The number of ether oxygens (including phenoxy) is 1. The van der Waals surface area contributed by atoms with E-state index in [2.05, 4.69) is 21.4 Å². The second-order valence-electron chi connectivity index (χ2n) is 3.77. The van der Waals surface area contributed by atoms with Gasteiger partial charge >= 0.3 is 0 Å². The molecule has 86 valence electrons. The van der Waals surface area contributed by atoms with Gasteiger partial charge in [0.15, 0.2) is 0 Å². The van der Waals surface area contributed by atoms with Crippen LogP contribution in [0.1, 0.15) is 32.6 Å². The molecule has 0 radical (unpaired) electrons. The molecule has 0 saturated carbocycles. The van der Waals surface area contributed by atoms with Crippen molar-refractivity contribution in [3.05, 3.63) is 22.6 Å². The number of rotatable bonds is 5. The van der Waals surface area contributed by atoms with Crippen LogP contribution in [-0.4, -0.2) is 12.2 Å². The molecule has 0 saturated heterocycles. The predicted octanol–water partition coefficient (Wildman–Crippen LogP) is 2.36. The average Bonchev–Trinajstić information content (AvgIpc) is 2.53. The first-order valence-corrected chi connectivity index (χ1v) is 5.65. The van der Waals surface area contributed by atoms with Gasteiger partial charge in [-0.2, -0.15) is 0 Å². The average molecular weight is 277 g/mol. The third-order valence-electron chi connectivity index (χ3n) is 2.29. The molecule has 0 amide bonds. The largest absolute Gasteiger partial charge is 0.466 e. The molecule has 0 aromatic carbocycles. The van der Waals surface area contributed by atoms with Gasteiger partial charge in [-0.3, -0.25) is 5.84 Å². The fourth-order valence-corrected chi connectivity index (χ4v) is 1.99. The van der Waals surface area contributed by atoms with E-state index in [0.717, 1.165) is 10.2 Å². The highest BCUT2D eigenvalue weighted by atomic mass is 79.9. The number of hydrazine groups is 1. The first kappa shape index (κ1) is 12.7. The van der Waals surface area contributed by atoms with Crippen LogP contribution in [0.25, 0.3) is 0 Å². The van der Waals surface area contributed by atoms with E-state index in [0.29, 0.717) is 6.61 Å². The molecule has 5 heteroatoms. The lowest BCUT2D eigenvalue weighted by molar-refractivity contribution is -0.0442. The van der Waals surface area contributed by atoms with E-state index in [-0.39, 0.29) is 6.04 Å². The van der Waals surface area contributed by atoms with Crippen LogP contribution in [0, 0.1) is 0 Å². The molecule has 15 heavy (non-hydrogen) atoms. The Labute approximate surface area is 98.3 Å². The van der Waals surface area contributed by atoms with Gasteiger partial charge in [-0.05, 0) is 42.8 Å². The Hall–Kier alpha value is -0.360. The first-order valence-electron chi connectivity index (χ1n) is 4.86. The molecule has 0 bridgehead atoms. The topological polar surface area (TPSA) is 60.4 Å². The molecular formula is C10H17BrN2O2. The van der Waals surface area contributed by atoms with Crippen LogP contribution >= 0.6 is 15.9 Å². The Kier molecular flexibility index (Phi) is 4.33. The van der Waals surface area contributed by atoms with Gasteiger partial charge in [-0.25, -0.2) is 5.43 Å². The summed E-state index contributed by atoms with van der Waals surface area (Å²) in [6.07, 6.45) is 1.62. The summed E-state index contributed by atoms with van der Waals surface area (Å²) in [7, 11) is 0. The molecule has 1 aromatic rings. The number of furan rings is 1. The summed E-state index contributed by atoms with van der Waals surface area (Å²) in [6, 6.07) is 1.64. The molecule has 1 atom stereocenters. The standard InChI is InChI=1S/C10H17BrN2O2/c1-4-15-10(2,3)9(13-12)8-7(11)5-6-14-8/h5-6,9,13H,4,12H2,1-3H3. The molecule has 4 nitrogen and oxygen atoms in total. The zero-order valence-corrected chi connectivity index (χ0v) is 10.8. The highest BCUT2D eigenvalue weighted by Gasteiger charge is 2.34. The van der Waals surface area contributed by atoms with Crippen molar-refractivity contribution in [1.29, 1.82) is 0 Å². The molecule has 0 spiro atoms. The van der Waals surface area contributed by atoms with E-state index < -0.39 is 5.60 Å². The van der Waals surface area contributed by atoms with E-state index in [4.69, 9.17) is 15.0 Å². The number of hydrogen-bond donors (Lipinski definition) is 2. The third kappa shape index (κ3) is 2.81. The van der Waals surface area contributed by atoms with Crippen LogP contribution < -0.4 is 11.3 Å². The van der Waals surface area contributed by atoms with Gasteiger partial charge in [0.05, 0.1) is 16.3 Å². The van der Waals surface area contributed by atoms with E-state index in [9.17, 15) is 0 Å². The van der Waals surface area contributed by atoms with Crippen LogP contribution in [0.4, 0.5) is 0 Å². The summed E-state index contributed by atoms with van der Waals surface area (Å²) in [4.78, 5) is 0. The number of halogens is 1. The maximum absolute atomic E-state index is 5.64. The van der Waals surface area contributed by atoms with Crippen molar-refractivity contribution in [2.45, 2.75) is 32.4 Å². The van der Waals surface area contributed by atoms with Crippen molar-refractivity contribution in [1.82, 2.24) is 5.43 Å². The van der Waals surface area contributed by atoms with Crippen molar-refractivity contribution >= 4 is 15.9 Å². The summed E-state index contributed by atoms with van der Waals surface area (Å²) < 4.78 is 11.9. The van der Waals surface area contributed by atoms with Crippen LogP contribution in [-0.2, 0) is 4.74 Å². The van der Waals surface area contributed by atoms with Gasteiger partial charge in [0.1, 0.15) is 11.8 Å². The van der Waals surface area contributed by atoms with E-state index in [1.807, 2.05) is 26.8 Å². The first-order chi connectivity index (χ1) is 7.03. The van der Waals surface area contributed by atoms with Gasteiger partial charge in [0, 0.05) is 6.61 Å². The van der Waals surface area contributed by atoms with Crippen molar-refractivity contribution in [2.75, 3.05) is 6.61 Å². The predicted molar refractivity (Wildman–Crippen MR) is 62.2 cm³/mol. The number of nitrogens with two attached hydrogens (primary N) is 1. The quantitative estimate of drug-likeness (QED) is 0.640. The van der Waals surface area contributed by atoms with Crippen molar-refractivity contribution < 1.29 is 9.15 Å². The van der Waals surface area contributed by atoms with E-state index >= 15 is 0 Å². The van der Waals surface area contributed by atoms with Crippen molar-refractivity contribution in [2.24, 2.45) is 5.84 Å². The maximum atomic E-state index is 5.64. The molecule has 0 aliphatic heterocycles. The monoisotopic (exact) mass is 276 g/mol. The van der Waals surface area contributed by atoms with E-state index in [1.54, 1.807) is 6.26 Å². The van der Waals surface area contributed by atoms with Gasteiger partial charge < -0.3 is 9.15 Å². The highest BCUT2D eigenvalue weighted by molar-refractivity contribution is 9.10. The van der Waals surface area contributed by atoms with Crippen LogP contribution in [0.15, 0.2) is 21.2 Å². The second kappa shape index (κ2) is 5.12. The van der Waals surface area contributed by atoms with Gasteiger partial charge in [0.2, 0.25) is 0 Å². The normalized spacial score (nSPS) is 14.2. The number of nitrogens with one attached hydrogen (secondary N) is 1. The lowest BCUT2D eigenvalue weighted by Crippen LogP contribution is -2.44. The van der Waals surface area contributed by atoms with Gasteiger partial charge in [0.25, 0.3) is 0 Å². The third-order valence-corrected chi connectivity index (χ3v) is 2.94. The fourth-order valence-electron chi connectivity index (χ4n) is 1.56. The number of hydrogen-bond acceptors (Lipinski definition) is 4. The molecule has 1 rings (SSSR count). The molecule has 3 N–H and O–H groups in total. The maximum Gasteiger partial charge on any atom is 0.139 e. The summed E-state index contributed by atoms with van der Waals surface area (Å²) in [5.74, 6) is 6.28. The summed E-state index contributed by atoms with van der Waals surface area (Å²) in [6.45, 7) is 6.52. The highest BCUT2D eigenvalue weighted by Crippen LogP contribution is 2.33. The molecule has 0 aliphatic rings. The molecular weight excluding hydrogens is 260 g/mol. The summed E-state index contributed by atoms with van der Waals surface area (Å²) in [5.41, 5.74) is 2.29. The molecule has 1 aromatic heterocycles. The minimum Gasteiger partial charge on any atom is -0.466 e. The summed E-state index contributed by atoms with van der Waals surface area (Å²) in [5, 5.41) is 0. The fraction of sp³-hybridized carbons (Fsp3) is 0.600. The lowest BCUT2D eigenvalue weighted by Gasteiger charge is -2.32. The Morgan fingerprint density at radius 3 is 2.73 bits per heavy atom. The van der Waals surface area contributed by atoms with Crippen LogP contribution in [0.5, 0.6) is 0 Å². The molecule has 1 heterocycles. The Balaban J connectivity index is 2.93. The van der Waals surface area contributed by atoms with E-state index in [1.165, 1.54) is 0 Å². The van der Waals surface area contributed by atoms with Crippen LogP contribution in [0.2, 0.25) is 0 Å². The molecule has 0 fully saturated rings. The van der Waals surface area contributed by atoms with Crippen molar-refractivity contribution in [3.8, 4) is 0 Å². The SMILES string of the molecule is CCOC(C)(C)C(NN)c1occc1Br. The van der Waals surface area contributed by atoms with Crippen LogP contribution in [0.3, 0.4) is 0 Å². The van der Waals surface area contributed by atoms with Crippen molar-refractivity contribution in [3.63, 3.8) is 0 Å². The smallest absolute Gasteiger partial charge is 0.139 e. The Bertz CT molecular complexity index is 312. The summed E-state index contributed by atoms with van der Waals surface area (Å²) >= 11 is 3.41. The minimum atomic E-state index is -0.427. The molecule has 1 unspecified atom stereocenters. The minimum absolute atomic E-state index is 0.193. The lowest BCUT2D eigenvalue weighted by atomic mass is 9.97.